The second-order valence-corrected chi connectivity index (χ2v) is 7.69. The van der Waals surface area contributed by atoms with Gasteiger partial charge in [0, 0.05) is 26.5 Å². The van der Waals surface area contributed by atoms with Crippen molar-refractivity contribution in [3.63, 3.8) is 0 Å². The first kappa shape index (κ1) is 21.1. The predicted molar refractivity (Wildman–Crippen MR) is 112 cm³/mol. The van der Waals surface area contributed by atoms with Crippen LogP contribution in [0.1, 0.15) is 5.56 Å². The Balaban J connectivity index is 1.71. The van der Waals surface area contributed by atoms with Crippen LogP contribution in [-0.4, -0.2) is 16.8 Å². The van der Waals surface area contributed by atoms with Crippen molar-refractivity contribution in [3.8, 4) is 0 Å². The summed E-state index contributed by atoms with van der Waals surface area (Å²) in [6, 6.07) is 9.05. The molecule has 0 heterocycles. The van der Waals surface area contributed by atoms with E-state index in [9.17, 15) is 9.18 Å². The molecule has 0 radical (unpaired) electrons. The summed E-state index contributed by atoms with van der Waals surface area (Å²) in [6.07, 6.45) is 0. The molecular weight excluding hydrogens is 440 g/mol. The maximum atomic E-state index is 13.0. The minimum absolute atomic E-state index is 0.173. The summed E-state index contributed by atoms with van der Waals surface area (Å²) in [5, 5.41) is 4.29. The average molecular weight is 453 g/mol. The van der Waals surface area contributed by atoms with Gasteiger partial charge in [-0.3, -0.25) is 15.6 Å². The molecule has 2 aromatic carbocycles. The second kappa shape index (κ2) is 10.2. The van der Waals surface area contributed by atoms with Crippen molar-refractivity contribution in [1.29, 1.82) is 0 Å². The highest BCUT2D eigenvalue weighted by atomic mass is 35.5. The van der Waals surface area contributed by atoms with Gasteiger partial charge in [-0.15, -0.1) is 11.8 Å². The summed E-state index contributed by atoms with van der Waals surface area (Å²) in [6.45, 7) is 0. The third-order valence-electron chi connectivity index (χ3n) is 2.94. The lowest BCUT2D eigenvalue weighted by Crippen LogP contribution is -2.44. The fourth-order valence-electron chi connectivity index (χ4n) is 1.84. The monoisotopic (exact) mass is 451 g/mol. The Morgan fingerprint density at radius 3 is 2.42 bits per heavy atom. The van der Waals surface area contributed by atoms with Gasteiger partial charge >= 0.3 is 0 Å². The highest BCUT2D eigenvalue weighted by Crippen LogP contribution is 2.23. The SMILES string of the molecule is O=C(CSCc1ccc(F)cc1Cl)NNC(=S)Nc1cc(Cl)cc(Cl)c1. The van der Waals surface area contributed by atoms with E-state index in [0.717, 1.165) is 5.56 Å². The van der Waals surface area contributed by atoms with Crippen molar-refractivity contribution in [3.05, 3.63) is 62.8 Å². The normalized spacial score (nSPS) is 10.3. The van der Waals surface area contributed by atoms with Gasteiger partial charge in [0.1, 0.15) is 5.82 Å². The summed E-state index contributed by atoms with van der Waals surface area (Å²) < 4.78 is 13.0. The number of halogens is 4. The Bertz CT molecular complexity index is 803. The van der Waals surface area contributed by atoms with E-state index in [0.29, 0.717) is 26.5 Å². The molecule has 1 amide bonds. The number of carbonyl (C=O) groups is 1. The molecule has 2 rings (SSSR count). The van der Waals surface area contributed by atoms with Gasteiger partial charge in [-0.25, -0.2) is 4.39 Å². The van der Waals surface area contributed by atoms with Gasteiger partial charge in [0.25, 0.3) is 0 Å². The molecule has 26 heavy (non-hydrogen) atoms. The topological polar surface area (TPSA) is 53.2 Å². The van der Waals surface area contributed by atoms with Gasteiger partial charge in [-0.1, -0.05) is 40.9 Å². The number of thiocarbonyl (C=S) groups is 1. The molecule has 0 aliphatic rings. The minimum Gasteiger partial charge on any atom is -0.331 e. The van der Waals surface area contributed by atoms with Crippen LogP contribution in [-0.2, 0) is 10.5 Å². The Morgan fingerprint density at radius 1 is 1.08 bits per heavy atom. The lowest BCUT2D eigenvalue weighted by molar-refractivity contribution is -0.119. The summed E-state index contributed by atoms with van der Waals surface area (Å²) >= 11 is 24.1. The molecule has 138 valence electrons. The van der Waals surface area contributed by atoms with Gasteiger partial charge in [-0.05, 0) is 48.1 Å². The van der Waals surface area contributed by atoms with Crippen molar-refractivity contribution in [2.24, 2.45) is 0 Å². The number of amides is 1. The Hall–Kier alpha value is -1.25. The van der Waals surface area contributed by atoms with E-state index in [2.05, 4.69) is 16.2 Å². The van der Waals surface area contributed by atoms with Gasteiger partial charge in [0.2, 0.25) is 5.91 Å². The van der Waals surface area contributed by atoms with Crippen LogP contribution >= 0.6 is 58.8 Å². The van der Waals surface area contributed by atoms with Crippen LogP contribution < -0.4 is 16.2 Å². The summed E-state index contributed by atoms with van der Waals surface area (Å²) in [4.78, 5) is 11.8. The molecule has 0 aliphatic heterocycles. The average Bonchev–Trinajstić information content (AvgIpc) is 2.54. The van der Waals surface area contributed by atoms with E-state index in [1.165, 1.54) is 23.9 Å². The van der Waals surface area contributed by atoms with E-state index in [1.54, 1.807) is 24.3 Å². The number of thioether (sulfide) groups is 1. The number of rotatable bonds is 5. The lowest BCUT2D eigenvalue weighted by Gasteiger charge is -2.12. The van der Waals surface area contributed by atoms with Gasteiger partial charge in [0.15, 0.2) is 5.11 Å². The summed E-state index contributed by atoms with van der Waals surface area (Å²) in [5.41, 5.74) is 6.40. The van der Waals surface area contributed by atoms with Crippen LogP contribution in [0.25, 0.3) is 0 Å². The van der Waals surface area contributed by atoms with E-state index >= 15 is 0 Å². The van der Waals surface area contributed by atoms with E-state index in [1.807, 2.05) is 0 Å². The first-order valence-corrected chi connectivity index (χ1v) is 9.87. The van der Waals surface area contributed by atoms with E-state index in [4.69, 9.17) is 47.0 Å². The molecule has 2 aromatic rings. The third-order valence-corrected chi connectivity index (χ3v) is 4.92. The highest BCUT2D eigenvalue weighted by Gasteiger charge is 2.06. The van der Waals surface area contributed by atoms with Crippen molar-refractivity contribution in [2.45, 2.75) is 5.75 Å². The zero-order valence-electron chi connectivity index (χ0n) is 13.1. The first-order valence-electron chi connectivity index (χ1n) is 7.17. The smallest absolute Gasteiger partial charge is 0.248 e. The molecule has 0 saturated carbocycles. The van der Waals surface area contributed by atoms with Gasteiger partial charge in [0.05, 0.1) is 5.75 Å². The minimum atomic E-state index is -0.396. The quantitative estimate of drug-likeness (QED) is 0.438. The van der Waals surface area contributed by atoms with Crippen LogP contribution in [0, 0.1) is 5.82 Å². The fourth-order valence-corrected chi connectivity index (χ4v) is 3.68. The van der Waals surface area contributed by atoms with Crippen molar-refractivity contribution in [2.75, 3.05) is 11.1 Å². The molecule has 0 spiro atoms. The third kappa shape index (κ3) is 7.17. The number of hydrogen-bond acceptors (Lipinski definition) is 3. The largest absolute Gasteiger partial charge is 0.331 e. The molecule has 0 bridgehead atoms. The van der Waals surface area contributed by atoms with Crippen LogP contribution in [0.3, 0.4) is 0 Å². The zero-order chi connectivity index (χ0) is 19.1. The van der Waals surface area contributed by atoms with Gasteiger partial charge in [-0.2, -0.15) is 0 Å². The Morgan fingerprint density at radius 2 is 1.77 bits per heavy atom. The molecule has 0 aromatic heterocycles. The van der Waals surface area contributed by atoms with Crippen LogP contribution in [0.15, 0.2) is 36.4 Å². The number of hydrazine groups is 1. The van der Waals surface area contributed by atoms with Crippen molar-refractivity contribution >= 4 is 75.5 Å². The van der Waals surface area contributed by atoms with E-state index < -0.39 is 5.82 Å². The number of benzene rings is 2. The first-order chi connectivity index (χ1) is 12.3. The molecule has 10 heteroatoms. The standard InChI is InChI=1S/C16H13Cl3FN3OS2/c17-10-3-11(18)5-13(4-10)21-16(25)23-22-15(24)8-26-7-9-1-2-12(20)6-14(9)19/h1-6H,7-8H2,(H,22,24)(H2,21,23,25). The zero-order valence-corrected chi connectivity index (χ0v) is 17.0. The molecule has 0 aliphatic carbocycles. The maximum absolute atomic E-state index is 13.0. The predicted octanol–water partition coefficient (Wildman–Crippen LogP) is 5.04. The number of carbonyl (C=O) groups excluding carboxylic acids is 1. The van der Waals surface area contributed by atoms with Crippen molar-refractivity contribution in [1.82, 2.24) is 10.9 Å². The fraction of sp³-hybridized carbons (Fsp3) is 0.125. The summed E-state index contributed by atoms with van der Waals surface area (Å²) in [7, 11) is 0. The highest BCUT2D eigenvalue weighted by molar-refractivity contribution is 7.99. The molecule has 0 fully saturated rings. The number of nitrogens with one attached hydrogen (secondary N) is 3. The maximum Gasteiger partial charge on any atom is 0.248 e. The molecule has 0 atom stereocenters. The Kier molecular flexibility index (Phi) is 8.24. The van der Waals surface area contributed by atoms with Crippen LogP contribution in [0.4, 0.5) is 10.1 Å². The molecule has 0 saturated heterocycles. The van der Waals surface area contributed by atoms with Crippen molar-refractivity contribution < 1.29 is 9.18 Å². The van der Waals surface area contributed by atoms with Gasteiger partial charge < -0.3 is 5.32 Å². The molecular formula is C16H13Cl3FN3OS2. The lowest BCUT2D eigenvalue weighted by atomic mass is 10.2. The van der Waals surface area contributed by atoms with Crippen LogP contribution in [0.2, 0.25) is 15.1 Å². The second-order valence-electron chi connectivity index (χ2n) is 5.01. The molecule has 4 nitrogen and oxygen atoms in total. The molecule has 0 unspecified atom stereocenters. The number of hydrogen-bond donors (Lipinski definition) is 3. The Labute approximate surface area is 174 Å². The van der Waals surface area contributed by atoms with Crippen LogP contribution in [0.5, 0.6) is 0 Å². The summed E-state index contributed by atoms with van der Waals surface area (Å²) in [5.74, 6) is -0.0167. The molecule has 3 N–H and O–H groups in total. The number of anilines is 1. The van der Waals surface area contributed by atoms with E-state index in [-0.39, 0.29) is 16.8 Å².